The summed E-state index contributed by atoms with van der Waals surface area (Å²) in [5.41, 5.74) is 3.75. The Morgan fingerprint density at radius 3 is 1.73 bits per heavy atom. The lowest BCUT2D eigenvalue weighted by atomic mass is 10.0. The summed E-state index contributed by atoms with van der Waals surface area (Å²) in [6.45, 7) is -0.262. The first-order valence-corrected chi connectivity index (χ1v) is 13.6. The van der Waals surface area contributed by atoms with E-state index in [1.54, 1.807) is 30.3 Å². The van der Waals surface area contributed by atoms with Crippen LogP contribution < -0.4 is 10.8 Å². The lowest BCUT2D eigenvalue weighted by Crippen LogP contribution is -2.16. The number of carboxylic acids is 4. The molecule has 1 amide bonds. The highest BCUT2D eigenvalue weighted by atomic mass is 35.5. The highest BCUT2D eigenvalue weighted by Crippen LogP contribution is 2.27. The van der Waals surface area contributed by atoms with Gasteiger partial charge in [0.15, 0.2) is 0 Å². The van der Waals surface area contributed by atoms with Gasteiger partial charge in [0.1, 0.15) is 6.61 Å². The van der Waals surface area contributed by atoms with Crippen LogP contribution in [0.5, 0.6) is 0 Å². The van der Waals surface area contributed by atoms with Crippen LogP contribution >= 0.6 is 23.2 Å². The van der Waals surface area contributed by atoms with E-state index in [2.05, 4.69) is 10.8 Å². The van der Waals surface area contributed by atoms with Crippen molar-refractivity contribution < 1.29 is 49.2 Å². The average Bonchev–Trinajstić information content (AvgIpc) is 2.97. The standard InChI is InChI=1S/C31H22Cl2N2O10/c32-23-10-15(1-5-21(23)27(36)34-26-13-18(29(39)40)4-7-22(26)31(43)44)9-16-2-8-25(24(33)11-16)35-45-14-19-12-17(28(37)38)3-6-20(19)30(41)42/h1-8,10-13,35H,9,14H2,(H,34,36)(H,37,38)(H,39,40)(H,41,42)(H,43,44). The fourth-order valence-electron chi connectivity index (χ4n) is 4.24. The van der Waals surface area contributed by atoms with Crippen LogP contribution in [0.1, 0.15) is 68.5 Å². The summed E-state index contributed by atoms with van der Waals surface area (Å²) in [7, 11) is 0. The number of amides is 1. The van der Waals surface area contributed by atoms with Gasteiger partial charge in [-0.25, -0.2) is 19.2 Å². The van der Waals surface area contributed by atoms with Gasteiger partial charge in [-0.3, -0.25) is 15.1 Å². The van der Waals surface area contributed by atoms with E-state index in [9.17, 15) is 44.4 Å². The van der Waals surface area contributed by atoms with Crippen LogP contribution in [0, 0.1) is 0 Å². The molecule has 0 fully saturated rings. The Hall–Kier alpha value is -5.43. The third-order valence-corrected chi connectivity index (χ3v) is 7.08. The molecule has 6 N–H and O–H groups in total. The third kappa shape index (κ3) is 7.95. The van der Waals surface area contributed by atoms with Gasteiger partial charge in [0.05, 0.1) is 49.2 Å². The molecule has 0 radical (unpaired) electrons. The van der Waals surface area contributed by atoms with Gasteiger partial charge in [0.25, 0.3) is 5.91 Å². The Kier molecular flexibility index (Phi) is 10.0. The molecule has 0 atom stereocenters. The third-order valence-electron chi connectivity index (χ3n) is 6.46. The number of carbonyl (C=O) groups excluding carboxylic acids is 1. The zero-order valence-corrected chi connectivity index (χ0v) is 24.3. The number of anilines is 2. The van der Waals surface area contributed by atoms with Crippen molar-refractivity contribution in [2.24, 2.45) is 0 Å². The zero-order chi connectivity index (χ0) is 32.8. The molecule has 4 rings (SSSR count). The van der Waals surface area contributed by atoms with Gasteiger partial charge in [-0.2, -0.15) is 0 Å². The highest BCUT2D eigenvalue weighted by molar-refractivity contribution is 6.34. The van der Waals surface area contributed by atoms with Crippen molar-refractivity contribution in [3.8, 4) is 0 Å². The normalized spacial score (nSPS) is 10.6. The predicted octanol–water partition coefficient (Wildman–Crippen LogP) is 6.17. The second kappa shape index (κ2) is 13.9. The number of benzene rings is 4. The Morgan fingerprint density at radius 2 is 1.16 bits per heavy atom. The van der Waals surface area contributed by atoms with Gasteiger partial charge in [-0.15, -0.1) is 0 Å². The summed E-state index contributed by atoms with van der Waals surface area (Å²) in [6, 6.07) is 16.5. The molecule has 0 spiro atoms. The number of nitrogens with one attached hydrogen (secondary N) is 2. The minimum atomic E-state index is -1.35. The summed E-state index contributed by atoms with van der Waals surface area (Å²) >= 11 is 12.8. The van der Waals surface area contributed by atoms with Crippen LogP contribution in [0.4, 0.5) is 11.4 Å². The largest absolute Gasteiger partial charge is 0.478 e. The molecule has 0 saturated heterocycles. The van der Waals surface area contributed by atoms with E-state index in [4.69, 9.17) is 28.0 Å². The molecule has 45 heavy (non-hydrogen) atoms. The van der Waals surface area contributed by atoms with E-state index in [1.165, 1.54) is 24.3 Å². The smallest absolute Gasteiger partial charge is 0.337 e. The number of carboxylic acid groups (broad SMARTS) is 4. The number of rotatable bonds is 12. The molecule has 0 saturated carbocycles. The monoisotopic (exact) mass is 652 g/mol. The summed E-state index contributed by atoms with van der Waals surface area (Å²) in [6.07, 6.45) is 0.357. The van der Waals surface area contributed by atoms with Gasteiger partial charge >= 0.3 is 23.9 Å². The van der Waals surface area contributed by atoms with Crippen LogP contribution in [0.15, 0.2) is 72.8 Å². The van der Waals surface area contributed by atoms with E-state index >= 15 is 0 Å². The fourth-order valence-corrected chi connectivity index (χ4v) is 4.77. The van der Waals surface area contributed by atoms with Crippen LogP contribution in [-0.4, -0.2) is 50.2 Å². The Labute approximate surface area is 264 Å². The number of hydrogen-bond donors (Lipinski definition) is 6. The van der Waals surface area contributed by atoms with E-state index in [0.29, 0.717) is 17.7 Å². The molecule has 12 nitrogen and oxygen atoms in total. The maximum atomic E-state index is 12.9. The minimum Gasteiger partial charge on any atom is -0.478 e. The molecule has 230 valence electrons. The summed E-state index contributed by atoms with van der Waals surface area (Å²) < 4.78 is 0. The number of halogens is 2. The van der Waals surface area contributed by atoms with Gasteiger partial charge < -0.3 is 25.7 Å². The molecule has 0 aliphatic heterocycles. The van der Waals surface area contributed by atoms with Crippen LogP contribution in [0.25, 0.3) is 0 Å². The maximum absolute atomic E-state index is 12.9. The van der Waals surface area contributed by atoms with Gasteiger partial charge in [-0.05, 0) is 83.8 Å². The van der Waals surface area contributed by atoms with Gasteiger partial charge in [0.2, 0.25) is 0 Å². The van der Waals surface area contributed by atoms with E-state index in [1.807, 2.05) is 0 Å². The average molecular weight is 653 g/mol. The first-order chi connectivity index (χ1) is 21.3. The topological polar surface area (TPSA) is 200 Å². The van der Waals surface area contributed by atoms with Gasteiger partial charge in [0, 0.05) is 0 Å². The van der Waals surface area contributed by atoms with Crippen molar-refractivity contribution >= 4 is 64.4 Å². The predicted molar refractivity (Wildman–Crippen MR) is 163 cm³/mol. The number of hydrogen-bond acceptors (Lipinski definition) is 7. The molecule has 0 unspecified atom stereocenters. The van der Waals surface area contributed by atoms with Crippen LogP contribution in [0.2, 0.25) is 10.0 Å². The molecule has 0 heterocycles. The summed E-state index contributed by atoms with van der Waals surface area (Å²) in [5, 5.41) is 39.9. The van der Waals surface area contributed by atoms with Crippen molar-refractivity contribution in [3.63, 3.8) is 0 Å². The molecule has 0 aromatic heterocycles. The van der Waals surface area contributed by atoms with E-state index < -0.39 is 29.8 Å². The van der Waals surface area contributed by atoms with Crippen molar-refractivity contribution in [1.29, 1.82) is 0 Å². The van der Waals surface area contributed by atoms with Crippen LogP contribution in [0.3, 0.4) is 0 Å². The van der Waals surface area contributed by atoms with Crippen molar-refractivity contribution in [2.75, 3.05) is 10.8 Å². The van der Waals surface area contributed by atoms with Gasteiger partial charge in [-0.1, -0.05) is 35.3 Å². The van der Waals surface area contributed by atoms with Crippen molar-refractivity contribution in [1.82, 2.24) is 0 Å². The lowest BCUT2D eigenvalue weighted by molar-refractivity contribution is 0.0677. The van der Waals surface area contributed by atoms with Crippen LogP contribution in [-0.2, 0) is 17.9 Å². The fraction of sp³-hybridized carbons (Fsp3) is 0.0645. The molecular weight excluding hydrogens is 631 g/mol. The molecule has 4 aromatic carbocycles. The molecule has 14 heteroatoms. The van der Waals surface area contributed by atoms with Crippen molar-refractivity contribution in [2.45, 2.75) is 13.0 Å². The SMILES string of the molecule is O=C(O)c1ccc(C(=O)O)c(CONc2ccc(Cc3ccc(C(=O)Nc4cc(C(=O)O)ccc4C(=O)O)c(Cl)c3)cc2Cl)c1. The van der Waals surface area contributed by atoms with Crippen molar-refractivity contribution in [3.05, 3.63) is 127 Å². The second-order valence-electron chi connectivity index (χ2n) is 9.50. The minimum absolute atomic E-state index is 0.0344. The molecular formula is C31H22Cl2N2O10. The van der Waals surface area contributed by atoms with E-state index in [0.717, 1.165) is 23.8 Å². The number of aromatic carboxylic acids is 4. The number of carbonyl (C=O) groups is 5. The first-order valence-electron chi connectivity index (χ1n) is 12.8. The second-order valence-corrected chi connectivity index (χ2v) is 10.3. The Morgan fingerprint density at radius 1 is 0.600 bits per heavy atom. The zero-order valence-electron chi connectivity index (χ0n) is 22.8. The molecule has 0 aliphatic carbocycles. The highest BCUT2D eigenvalue weighted by Gasteiger charge is 2.19. The first kappa shape index (κ1) is 32.5. The summed E-state index contributed by atoms with van der Waals surface area (Å²) in [4.78, 5) is 63.9. The molecule has 0 bridgehead atoms. The Bertz CT molecular complexity index is 1860. The Balaban J connectivity index is 1.42. The quantitative estimate of drug-likeness (QED) is 0.0955. The molecule has 4 aromatic rings. The lowest BCUT2D eigenvalue weighted by Gasteiger charge is -2.13. The van der Waals surface area contributed by atoms with E-state index in [-0.39, 0.29) is 55.7 Å². The summed E-state index contributed by atoms with van der Waals surface area (Å²) in [5.74, 6) is -5.83. The maximum Gasteiger partial charge on any atom is 0.337 e. The molecule has 0 aliphatic rings.